The normalized spacial score (nSPS) is 22.9. The van der Waals surface area contributed by atoms with Gasteiger partial charge in [-0.15, -0.1) is 0 Å². The number of rotatable bonds is 4. The van der Waals surface area contributed by atoms with Crippen LogP contribution in [0.25, 0.3) is 0 Å². The summed E-state index contributed by atoms with van der Waals surface area (Å²) in [6, 6.07) is 2.29. The molecular formula is C20H32N4O. The van der Waals surface area contributed by atoms with Gasteiger partial charge in [0.1, 0.15) is 5.82 Å². The number of piperidine rings is 1. The van der Waals surface area contributed by atoms with E-state index in [1.54, 1.807) is 6.20 Å². The van der Waals surface area contributed by atoms with E-state index in [2.05, 4.69) is 27.5 Å². The second-order valence-corrected chi connectivity index (χ2v) is 8.55. The summed E-state index contributed by atoms with van der Waals surface area (Å²) >= 11 is 0. The minimum atomic E-state index is -0.396. The lowest BCUT2D eigenvalue weighted by molar-refractivity contribution is -0.123. The molecule has 2 heterocycles. The zero-order valence-electron chi connectivity index (χ0n) is 15.9. The molecule has 1 amide bonds. The summed E-state index contributed by atoms with van der Waals surface area (Å²) in [5.74, 6) is 1.70. The molecular weight excluding hydrogens is 312 g/mol. The maximum absolute atomic E-state index is 12.3. The summed E-state index contributed by atoms with van der Waals surface area (Å²) in [4.78, 5) is 14.9. The molecule has 1 atom stereocenters. The van der Waals surface area contributed by atoms with Gasteiger partial charge < -0.3 is 10.2 Å². The molecule has 5 nitrogen and oxygen atoms in total. The lowest BCUT2D eigenvalue weighted by Gasteiger charge is -2.35. The maximum atomic E-state index is 12.3. The number of aromatic nitrogens is 2. The average molecular weight is 345 g/mol. The molecule has 1 fully saturated rings. The predicted molar refractivity (Wildman–Crippen MR) is 102 cm³/mol. The summed E-state index contributed by atoms with van der Waals surface area (Å²) in [7, 11) is 0. The highest BCUT2D eigenvalue weighted by Crippen LogP contribution is 2.28. The number of likely N-dealkylation sites (tertiary alicyclic amines) is 1. The Kier molecular flexibility index (Phi) is 5.62. The third-order valence-corrected chi connectivity index (χ3v) is 5.39. The van der Waals surface area contributed by atoms with Crippen molar-refractivity contribution in [3.63, 3.8) is 0 Å². The third-order valence-electron chi connectivity index (χ3n) is 5.39. The fourth-order valence-corrected chi connectivity index (χ4v) is 3.74. The van der Waals surface area contributed by atoms with Crippen LogP contribution in [0.1, 0.15) is 58.9 Å². The summed E-state index contributed by atoms with van der Waals surface area (Å²) in [5, 5.41) is 7.53. The Morgan fingerprint density at radius 3 is 2.64 bits per heavy atom. The summed E-state index contributed by atoms with van der Waals surface area (Å²) in [6.07, 6.45) is 12.5. The Hall–Kier alpha value is -1.62. The average Bonchev–Trinajstić information content (AvgIpc) is 3.04. The number of hydrogen-bond donors (Lipinski definition) is 1. The quantitative estimate of drug-likeness (QED) is 0.844. The molecule has 5 heteroatoms. The highest BCUT2D eigenvalue weighted by atomic mass is 16.2. The van der Waals surface area contributed by atoms with Crippen LogP contribution in [0.5, 0.6) is 0 Å². The van der Waals surface area contributed by atoms with Gasteiger partial charge in [-0.25, -0.2) is 4.68 Å². The number of nitrogens with one attached hydrogen (secondary N) is 1. The molecule has 138 valence electrons. The molecule has 0 unspecified atom stereocenters. The summed E-state index contributed by atoms with van der Waals surface area (Å²) < 4.78 is 2.02. The van der Waals surface area contributed by atoms with Gasteiger partial charge in [0.2, 0.25) is 5.91 Å². The first-order valence-electron chi connectivity index (χ1n) is 9.66. The molecule has 0 bridgehead atoms. The molecule has 25 heavy (non-hydrogen) atoms. The first kappa shape index (κ1) is 18.2. The van der Waals surface area contributed by atoms with Crippen LogP contribution in [0.2, 0.25) is 0 Å². The van der Waals surface area contributed by atoms with Crippen molar-refractivity contribution in [1.82, 2.24) is 14.7 Å². The molecule has 3 rings (SSSR count). The molecule has 1 aromatic rings. The van der Waals surface area contributed by atoms with E-state index >= 15 is 0 Å². The van der Waals surface area contributed by atoms with Gasteiger partial charge >= 0.3 is 0 Å². The maximum Gasteiger partial charge on any atom is 0.230 e. The molecule has 1 saturated heterocycles. The zero-order valence-corrected chi connectivity index (χ0v) is 15.9. The Labute approximate surface area is 151 Å². The molecule has 0 spiro atoms. The largest absolute Gasteiger partial charge is 0.310 e. The van der Waals surface area contributed by atoms with Crippen LogP contribution < -0.4 is 5.32 Å². The van der Waals surface area contributed by atoms with Crippen LogP contribution in [-0.4, -0.2) is 40.2 Å². The summed E-state index contributed by atoms with van der Waals surface area (Å²) in [6.45, 7) is 9.27. The van der Waals surface area contributed by atoms with Crippen LogP contribution in [-0.2, 0) is 4.79 Å². The van der Waals surface area contributed by atoms with Crippen molar-refractivity contribution in [3.8, 4) is 0 Å². The lowest BCUT2D eigenvalue weighted by atomic mass is 9.93. The molecule has 2 aliphatic rings. The van der Waals surface area contributed by atoms with Gasteiger partial charge in [-0.05, 0) is 38.0 Å². The van der Waals surface area contributed by atoms with Gasteiger partial charge in [-0.3, -0.25) is 4.79 Å². The van der Waals surface area contributed by atoms with Crippen LogP contribution in [0.4, 0.5) is 5.82 Å². The Balaban J connectivity index is 1.54. The first-order valence-corrected chi connectivity index (χ1v) is 9.66. The first-order chi connectivity index (χ1) is 11.9. The number of nitrogens with zero attached hydrogens (tertiary/aromatic N) is 3. The van der Waals surface area contributed by atoms with Gasteiger partial charge in [-0.1, -0.05) is 32.9 Å². The SMILES string of the molecule is CC(C)(C)C(=O)Nc1ccnn1C1CCN(C[C@H]2CC=CCC2)CC1. The Morgan fingerprint density at radius 2 is 2.00 bits per heavy atom. The molecule has 1 N–H and O–H groups in total. The minimum Gasteiger partial charge on any atom is -0.310 e. The summed E-state index contributed by atoms with van der Waals surface area (Å²) in [5.41, 5.74) is -0.396. The Morgan fingerprint density at radius 1 is 1.24 bits per heavy atom. The molecule has 0 saturated carbocycles. The number of allylic oxidation sites excluding steroid dienone is 2. The van der Waals surface area contributed by atoms with Crippen molar-refractivity contribution < 1.29 is 4.79 Å². The van der Waals surface area contributed by atoms with Crippen molar-refractivity contribution in [2.75, 3.05) is 25.0 Å². The molecule has 0 aromatic carbocycles. The predicted octanol–water partition coefficient (Wildman–Crippen LogP) is 3.86. The van der Waals surface area contributed by atoms with Gasteiger partial charge in [0.15, 0.2) is 0 Å². The van der Waals surface area contributed by atoms with Crippen LogP contribution in [0.3, 0.4) is 0 Å². The van der Waals surface area contributed by atoms with Crippen LogP contribution in [0.15, 0.2) is 24.4 Å². The fourth-order valence-electron chi connectivity index (χ4n) is 3.74. The highest BCUT2D eigenvalue weighted by Gasteiger charge is 2.27. The van der Waals surface area contributed by atoms with E-state index in [0.717, 1.165) is 37.7 Å². The second-order valence-electron chi connectivity index (χ2n) is 8.55. The van der Waals surface area contributed by atoms with Crippen molar-refractivity contribution in [2.45, 2.75) is 58.9 Å². The highest BCUT2D eigenvalue weighted by molar-refractivity contribution is 5.93. The minimum absolute atomic E-state index is 0.0389. The fraction of sp³-hybridized carbons (Fsp3) is 0.700. The number of hydrogen-bond acceptors (Lipinski definition) is 3. The second kappa shape index (κ2) is 7.73. The van der Waals surface area contributed by atoms with E-state index in [4.69, 9.17) is 0 Å². The van der Waals surface area contributed by atoms with Crippen molar-refractivity contribution in [1.29, 1.82) is 0 Å². The molecule has 0 radical (unpaired) electrons. The Bertz CT molecular complexity index is 605. The van der Waals surface area contributed by atoms with Gasteiger partial charge in [-0.2, -0.15) is 5.10 Å². The van der Waals surface area contributed by atoms with E-state index in [1.807, 2.05) is 31.5 Å². The zero-order chi connectivity index (χ0) is 17.9. The number of amides is 1. The molecule has 1 aliphatic heterocycles. The third kappa shape index (κ3) is 4.72. The van der Waals surface area contributed by atoms with E-state index in [1.165, 1.54) is 25.8 Å². The van der Waals surface area contributed by atoms with Gasteiger partial charge in [0, 0.05) is 31.1 Å². The van der Waals surface area contributed by atoms with Gasteiger partial charge in [0.05, 0.1) is 12.2 Å². The van der Waals surface area contributed by atoms with Crippen molar-refractivity contribution >= 4 is 11.7 Å². The smallest absolute Gasteiger partial charge is 0.230 e. The van der Waals surface area contributed by atoms with E-state index in [9.17, 15) is 4.79 Å². The number of carbonyl (C=O) groups is 1. The van der Waals surface area contributed by atoms with Crippen LogP contribution >= 0.6 is 0 Å². The van der Waals surface area contributed by atoms with Crippen LogP contribution in [0, 0.1) is 11.3 Å². The molecule has 1 aromatic heterocycles. The standard InChI is InChI=1S/C20H32N4O/c1-20(2,3)19(25)22-18-9-12-21-24(18)17-10-13-23(14-11-17)15-16-7-5-4-6-8-16/h4-5,9,12,16-17H,6-8,10-11,13-15H2,1-3H3,(H,22,25)/t16-/m0/s1. The van der Waals surface area contributed by atoms with E-state index in [0.29, 0.717) is 6.04 Å². The topological polar surface area (TPSA) is 50.2 Å². The van der Waals surface area contributed by atoms with E-state index in [-0.39, 0.29) is 5.91 Å². The number of carbonyl (C=O) groups excluding carboxylic acids is 1. The molecule has 1 aliphatic carbocycles. The van der Waals surface area contributed by atoms with Crippen molar-refractivity contribution in [3.05, 3.63) is 24.4 Å². The van der Waals surface area contributed by atoms with Gasteiger partial charge in [0.25, 0.3) is 0 Å². The van der Waals surface area contributed by atoms with Crippen molar-refractivity contribution in [2.24, 2.45) is 11.3 Å². The number of anilines is 1. The lowest BCUT2D eigenvalue weighted by Crippen LogP contribution is -2.38. The monoisotopic (exact) mass is 344 g/mol. The van der Waals surface area contributed by atoms with E-state index < -0.39 is 5.41 Å².